The predicted octanol–water partition coefficient (Wildman–Crippen LogP) is 2.08. The van der Waals surface area contributed by atoms with Crippen LogP contribution in [-0.4, -0.2) is 24.2 Å². The van der Waals surface area contributed by atoms with Crippen molar-refractivity contribution in [3.05, 3.63) is 34.9 Å². The molecule has 0 amide bonds. The topological polar surface area (TPSA) is 70.6 Å². The quantitative estimate of drug-likeness (QED) is 0.572. The predicted molar refractivity (Wildman–Crippen MR) is 78.2 cm³/mol. The Morgan fingerprint density at radius 3 is 2.68 bits per heavy atom. The fraction of sp³-hybridized carbons (Fsp3) is 0.500. The molecule has 1 aliphatic carbocycles. The zero-order valence-corrected chi connectivity index (χ0v) is 11.6. The third-order valence-corrected chi connectivity index (χ3v) is 3.74. The molecule has 2 rings (SSSR count). The Morgan fingerprint density at radius 1 is 1.42 bits per heavy atom. The van der Waals surface area contributed by atoms with Crippen molar-refractivity contribution in [2.24, 2.45) is 16.6 Å². The highest BCUT2D eigenvalue weighted by molar-refractivity contribution is 6.30. The van der Waals surface area contributed by atoms with Crippen molar-refractivity contribution in [1.82, 2.24) is 5.32 Å². The smallest absolute Gasteiger partial charge is 0.188 e. The van der Waals surface area contributed by atoms with Gasteiger partial charge in [-0.15, -0.1) is 0 Å². The van der Waals surface area contributed by atoms with Gasteiger partial charge in [-0.25, -0.2) is 0 Å². The lowest BCUT2D eigenvalue weighted by atomic mass is 9.85. The number of hydrogen-bond acceptors (Lipinski definition) is 2. The van der Waals surface area contributed by atoms with Crippen LogP contribution in [0.1, 0.15) is 30.9 Å². The molecule has 0 heterocycles. The third kappa shape index (κ3) is 4.40. The van der Waals surface area contributed by atoms with Crippen molar-refractivity contribution >= 4 is 17.6 Å². The third-order valence-electron chi connectivity index (χ3n) is 3.49. The van der Waals surface area contributed by atoms with Crippen molar-refractivity contribution in [3.63, 3.8) is 0 Å². The summed E-state index contributed by atoms with van der Waals surface area (Å²) < 4.78 is 0. The lowest BCUT2D eigenvalue weighted by Gasteiger charge is -2.25. The summed E-state index contributed by atoms with van der Waals surface area (Å²) in [7, 11) is 0. The lowest BCUT2D eigenvalue weighted by Crippen LogP contribution is -2.37. The average molecular weight is 282 g/mol. The van der Waals surface area contributed by atoms with Gasteiger partial charge < -0.3 is 16.2 Å². The van der Waals surface area contributed by atoms with E-state index in [9.17, 15) is 5.11 Å². The molecular formula is C14H20ClN3O. The van der Waals surface area contributed by atoms with Crippen LogP contribution >= 0.6 is 11.6 Å². The number of aliphatic hydroxyl groups is 1. The first-order valence-electron chi connectivity index (χ1n) is 6.62. The summed E-state index contributed by atoms with van der Waals surface area (Å²) in [4.78, 5) is 4.15. The molecular weight excluding hydrogens is 262 g/mol. The minimum atomic E-state index is -0.652. The molecule has 0 unspecified atom stereocenters. The van der Waals surface area contributed by atoms with Gasteiger partial charge in [0.2, 0.25) is 0 Å². The Hall–Kier alpha value is -1.26. The molecule has 19 heavy (non-hydrogen) atoms. The van der Waals surface area contributed by atoms with Crippen molar-refractivity contribution < 1.29 is 5.11 Å². The van der Waals surface area contributed by atoms with E-state index < -0.39 is 6.10 Å². The minimum Gasteiger partial charge on any atom is -0.386 e. The Kier molecular flexibility index (Phi) is 5.05. The summed E-state index contributed by atoms with van der Waals surface area (Å²) in [6, 6.07) is 7.09. The van der Waals surface area contributed by atoms with Crippen molar-refractivity contribution in [2.45, 2.75) is 25.4 Å². The molecule has 0 bridgehead atoms. The summed E-state index contributed by atoms with van der Waals surface area (Å²) in [5.74, 6) is 1.13. The van der Waals surface area contributed by atoms with Crippen LogP contribution in [0.4, 0.5) is 0 Å². The molecule has 0 aromatic heterocycles. The Balaban J connectivity index is 1.77. The van der Waals surface area contributed by atoms with Crippen molar-refractivity contribution in [3.8, 4) is 0 Å². The number of aliphatic hydroxyl groups excluding tert-OH is 1. The molecule has 1 aromatic rings. The van der Waals surface area contributed by atoms with E-state index in [0.29, 0.717) is 11.0 Å². The second kappa shape index (κ2) is 6.78. The maximum atomic E-state index is 9.96. The number of nitrogens with zero attached hydrogens (tertiary/aromatic N) is 1. The number of rotatable bonds is 5. The number of guanidine groups is 1. The standard InChI is InChI=1S/C14H20ClN3O/c15-12-6-4-11(5-7-12)13(19)9-18-14(16)17-8-10-2-1-3-10/h4-7,10,13,19H,1-3,8-9H2,(H3,16,17,18)/t13-/m1/s1. The van der Waals surface area contributed by atoms with Gasteiger partial charge in [0, 0.05) is 11.6 Å². The highest BCUT2D eigenvalue weighted by Crippen LogP contribution is 2.25. The first-order chi connectivity index (χ1) is 9.15. The maximum absolute atomic E-state index is 9.96. The SMILES string of the molecule is NC(=NC[C@@H](O)c1ccc(Cl)cc1)NCC1CCC1. The van der Waals surface area contributed by atoms with Gasteiger partial charge in [0.1, 0.15) is 0 Å². The molecule has 0 saturated heterocycles. The van der Waals surface area contributed by atoms with Crippen molar-refractivity contribution in [1.29, 1.82) is 0 Å². The molecule has 104 valence electrons. The molecule has 1 saturated carbocycles. The van der Waals surface area contributed by atoms with Crippen LogP contribution in [-0.2, 0) is 0 Å². The molecule has 1 aliphatic rings. The van der Waals surface area contributed by atoms with E-state index in [1.54, 1.807) is 24.3 Å². The van der Waals surface area contributed by atoms with E-state index >= 15 is 0 Å². The number of hydrogen-bond donors (Lipinski definition) is 3. The highest BCUT2D eigenvalue weighted by Gasteiger charge is 2.16. The van der Waals surface area contributed by atoms with Crippen LogP contribution in [0.2, 0.25) is 5.02 Å². The van der Waals surface area contributed by atoms with Crippen LogP contribution in [0.5, 0.6) is 0 Å². The average Bonchev–Trinajstić information content (AvgIpc) is 2.35. The molecule has 0 aliphatic heterocycles. The van der Waals surface area contributed by atoms with E-state index in [0.717, 1.165) is 18.0 Å². The molecule has 0 radical (unpaired) electrons. The number of nitrogens with one attached hydrogen (secondary N) is 1. The van der Waals surface area contributed by atoms with Gasteiger partial charge in [0.15, 0.2) is 5.96 Å². The van der Waals surface area contributed by atoms with E-state index in [4.69, 9.17) is 17.3 Å². The fourth-order valence-corrected chi connectivity index (χ4v) is 2.10. The zero-order chi connectivity index (χ0) is 13.7. The maximum Gasteiger partial charge on any atom is 0.188 e. The summed E-state index contributed by atoms with van der Waals surface area (Å²) >= 11 is 5.79. The fourth-order valence-electron chi connectivity index (χ4n) is 1.98. The molecule has 1 aromatic carbocycles. The van der Waals surface area contributed by atoms with Crippen LogP contribution < -0.4 is 11.1 Å². The van der Waals surface area contributed by atoms with Crippen LogP contribution in [0, 0.1) is 5.92 Å². The number of benzene rings is 1. The van der Waals surface area contributed by atoms with Gasteiger partial charge in [-0.2, -0.15) is 0 Å². The first-order valence-corrected chi connectivity index (χ1v) is 7.00. The van der Waals surface area contributed by atoms with Crippen LogP contribution in [0.15, 0.2) is 29.3 Å². The van der Waals surface area contributed by atoms with E-state index in [2.05, 4.69) is 10.3 Å². The van der Waals surface area contributed by atoms with Crippen LogP contribution in [0.25, 0.3) is 0 Å². The zero-order valence-electron chi connectivity index (χ0n) is 10.8. The number of aliphatic imine (C=N–C) groups is 1. The van der Waals surface area contributed by atoms with Gasteiger partial charge in [0.05, 0.1) is 12.6 Å². The Labute approximate surface area is 118 Å². The van der Waals surface area contributed by atoms with Gasteiger partial charge in [-0.05, 0) is 36.5 Å². The number of nitrogens with two attached hydrogens (primary N) is 1. The Morgan fingerprint density at radius 2 is 2.11 bits per heavy atom. The van der Waals surface area contributed by atoms with Gasteiger partial charge in [0.25, 0.3) is 0 Å². The molecule has 1 atom stereocenters. The largest absolute Gasteiger partial charge is 0.386 e. The van der Waals surface area contributed by atoms with E-state index in [1.165, 1.54) is 19.3 Å². The molecule has 4 nitrogen and oxygen atoms in total. The summed E-state index contributed by atoms with van der Waals surface area (Å²) in [6.07, 6.45) is 3.21. The lowest BCUT2D eigenvalue weighted by molar-refractivity contribution is 0.187. The summed E-state index contributed by atoms with van der Waals surface area (Å²) in [6.45, 7) is 1.14. The van der Waals surface area contributed by atoms with Gasteiger partial charge >= 0.3 is 0 Å². The number of halogens is 1. The monoisotopic (exact) mass is 281 g/mol. The minimum absolute atomic E-state index is 0.255. The molecule has 1 fully saturated rings. The molecule has 0 spiro atoms. The normalized spacial score (nSPS) is 17.9. The van der Waals surface area contributed by atoms with Gasteiger partial charge in [-0.1, -0.05) is 30.2 Å². The highest BCUT2D eigenvalue weighted by atomic mass is 35.5. The van der Waals surface area contributed by atoms with Gasteiger partial charge in [-0.3, -0.25) is 4.99 Å². The summed E-state index contributed by atoms with van der Waals surface area (Å²) in [5, 5.41) is 13.7. The van der Waals surface area contributed by atoms with E-state index in [1.807, 2.05) is 0 Å². The second-order valence-electron chi connectivity index (χ2n) is 4.97. The molecule has 4 N–H and O–H groups in total. The molecule has 5 heteroatoms. The van der Waals surface area contributed by atoms with E-state index in [-0.39, 0.29) is 6.54 Å². The Bertz CT molecular complexity index is 429. The second-order valence-corrected chi connectivity index (χ2v) is 5.41. The van der Waals surface area contributed by atoms with Crippen LogP contribution in [0.3, 0.4) is 0 Å². The first kappa shape index (κ1) is 14.2. The van der Waals surface area contributed by atoms with Crippen molar-refractivity contribution in [2.75, 3.05) is 13.1 Å². The summed E-state index contributed by atoms with van der Waals surface area (Å²) in [5.41, 5.74) is 6.55.